The molecular formula is C64H125N2O6P. The molecule has 0 aromatic rings. The Hall–Kier alpha value is -1.28. The SMILES string of the molecule is CCCCCCCCCCCCCCCCCCCCCCCC/C=C/CC/C=C/CC/C=C/C(O)C(COP(=O)([O-])OCC[N+](C)(C)C)NC(=O)CCCCCCCCCCCCCCCCCCCCC. The van der Waals surface area contributed by atoms with E-state index in [1.54, 1.807) is 6.08 Å². The molecule has 432 valence electrons. The minimum atomic E-state index is -4.61. The Balaban J connectivity index is 4.15. The molecule has 73 heavy (non-hydrogen) atoms. The fourth-order valence-electron chi connectivity index (χ4n) is 9.60. The highest BCUT2D eigenvalue weighted by atomic mass is 31.2. The molecule has 8 nitrogen and oxygen atoms in total. The van der Waals surface area contributed by atoms with Crippen LogP contribution in [0.3, 0.4) is 0 Å². The molecule has 0 aliphatic heterocycles. The minimum Gasteiger partial charge on any atom is -0.756 e. The Morgan fingerprint density at radius 3 is 1.11 bits per heavy atom. The van der Waals surface area contributed by atoms with E-state index in [4.69, 9.17) is 9.05 Å². The third-order valence-electron chi connectivity index (χ3n) is 14.6. The molecule has 0 spiro atoms. The number of carbonyl (C=O) groups is 1. The minimum absolute atomic E-state index is 0.00728. The van der Waals surface area contributed by atoms with Crippen LogP contribution in [0.25, 0.3) is 0 Å². The van der Waals surface area contributed by atoms with Crippen molar-refractivity contribution in [2.75, 3.05) is 40.9 Å². The second kappa shape index (κ2) is 55.5. The van der Waals surface area contributed by atoms with E-state index in [9.17, 15) is 19.4 Å². The summed E-state index contributed by atoms with van der Waals surface area (Å²) >= 11 is 0. The Morgan fingerprint density at radius 2 is 0.767 bits per heavy atom. The number of nitrogens with one attached hydrogen (secondary N) is 1. The van der Waals surface area contributed by atoms with Gasteiger partial charge in [-0.25, -0.2) is 0 Å². The molecule has 9 heteroatoms. The molecule has 0 aromatic carbocycles. The van der Waals surface area contributed by atoms with E-state index in [1.807, 2.05) is 27.2 Å². The molecule has 0 saturated carbocycles. The lowest BCUT2D eigenvalue weighted by Crippen LogP contribution is -2.45. The first-order valence-corrected chi connectivity index (χ1v) is 33.3. The Labute approximate surface area is 455 Å². The number of aliphatic hydroxyl groups excluding tert-OH is 1. The van der Waals surface area contributed by atoms with Crippen LogP contribution in [0.2, 0.25) is 0 Å². The van der Waals surface area contributed by atoms with Crippen molar-refractivity contribution in [3.63, 3.8) is 0 Å². The second-order valence-electron chi connectivity index (χ2n) is 23.1. The van der Waals surface area contributed by atoms with E-state index in [1.165, 1.54) is 250 Å². The van der Waals surface area contributed by atoms with Gasteiger partial charge in [0.15, 0.2) is 0 Å². The molecule has 3 unspecified atom stereocenters. The largest absolute Gasteiger partial charge is 0.756 e. The number of rotatable bonds is 59. The van der Waals surface area contributed by atoms with Crippen LogP contribution in [-0.4, -0.2) is 68.5 Å². The maximum absolute atomic E-state index is 13.0. The molecule has 0 aliphatic carbocycles. The van der Waals surface area contributed by atoms with Gasteiger partial charge in [-0.2, -0.15) is 0 Å². The summed E-state index contributed by atoms with van der Waals surface area (Å²) in [5.74, 6) is -0.206. The molecule has 0 radical (unpaired) electrons. The standard InChI is InChI=1S/C64H125N2O6P/c1-6-8-10-12-14-16-18-20-22-24-26-27-28-29-30-31-32-33-34-35-36-37-38-40-41-43-45-47-49-51-53-55-57-63(67)62(61-72-73(69,70)71-60-59-66(3,4)5)65-64(68)58-56-54-52-50-48-46-44-42-39-25-23-21-19-17-15-13-11-9-7-2/h40-41,47,49,55,57,62-63,67H,6-39,42-46,48,50-54,56,58-61H2,1-5H3,(H-,65,68,69,70)/b41-40+,49-47+,57-55+. The number of phosphoric acid groups is 1. The van der Waals surface area contributed by atoms with Gasteiger partial charge in [-0.05, 0) is 44.9 Å². The van der Waals surface area contributed by atoms with E-state index in [0.717, 1.165) is 44.9 Å². The Kier molecular flexibility index (Phi) is 54.5. The van der Waals surface area contributed by atoms with Crippen LogP contribution in [0, 0.1) is 0 Å². The number of hydrogen-bond donors (Lipinski definition) is 2. The lowest BCUT2D eigenvalue weighted by atomic mass is 10.0. The summed E-state index contributed by atoms with van der Waals surface area (Å²) in [5, 5.41) is 13.9. The second-order valence-corrected chi connectivity index (χ2v) is 24.5. The number of carbonyl (C=O) groups excluding carboxylic acids is 1. The summed E-state index contributed by atoms with van der Waals surface area (Å²) in [5.41, 5.74) is 0. The molecule has 0 aliphatic rings. The van der Waals surface area contributed by atoms with Crippen LogP contribution < -0.4 is 10.2 Å². The average molecular weight is 1050 g/mol. The van der Waals surface area contributed by atoms with Gasteiger partial charge in [0.25, 0.3) is 7.82 Å². The van der Waals surface area contributed by atoms with Gasteiger partial charge in [-0.15, -0.1) is 0 Å². The average Bonchev–Trinajstić information content (AvgIpc) is 3.35. The molecule has 0 bridgehead atoms. The number of unbranched alkanes of at least 4 members (excludes halogenated alkanes) is 42. The lowest BCUT2D eigenvalue weighted by molar-refractivity contribution is -0.870. The van der Waals surface area contributed by atoms with Crippen molar-refractivity contribution in [1.82, 2.24) is 5.32 Å². The first kappa shape index (κ1) is 71.7. The zero-order valence-corrected chi connectivity index (χ0v) is 50.3. The maximum Gasteiger partial charge on any atom is 0.268 e. The van der Waals surface area contributed by atoms with E-state index in [-0.39, 0.29) is 12.5 Å². The highest BCUT2D eigenvalue weighted by Crippen LogP contribution is 2.38. The van der Waals surface area contributed by atoms with Crippen LogP contribution >= 0.6 is 7.82 Å². The van der Waals surface area contributed by atoms with Crippen molar-refractivity contribution < 1.29 is 32.9 Å². The topological polar surface area (TPSA) is 108 Å². The van der Waals surface area contributed by atoms with Gasteiger partial charge in [0.05, 0.1) is 39.9 Å². The highest BCUT2D eigenvalue weighted by Gasteiger charge is 2.23. The zero-order valence-electron chi connectivity index (χ0n) is 49.4. The molecule has 2 N–H and O–H groups in total. The summed E-state index contributed by atoms with van der Waals surface area (Å²) in [6, 6.07) is -0.908. The van der Waals surface area contributed by atoms with Gasteiger partial charge in [-0.3, -0.25) is 9.36 Å². The van der Waals surface area contributed by atoms with Gasteiger partial charge in [0.2, 0.25) is 5.91 Å². The molecule has 0 heterocycles. The third-order valence-corrected chi connectivity index (χ3v) is 15.5. The fraction of sp³-hybridized carbons (Fsp3) is 0.891. The molecule has 3 atom stereocenters. The first-order chi connectivity index (χ1) is 35.5. The number of hydrogen-bond acceptors (Lipinski definition) is 6. The van der Waals surface area contributed by atoms with Crippen LogP contribution in [0.4, 0.5) is 0 Å². The van der Waals surface area contributed by atoms with Crippen molar-refractivity contribution in [3.05, 3.63) is 36.5 Å². The molecular weight excluding hydrogens is 924 g/mol. The van der Waals surface area contributed by atoms with E-state index in [2.05, 4.69) is 43.5 Å². The summed E-state index contributed by atoms with van der Waals surface area (Å²) in [7, 11) is 1.25. The Morgan fingerprint density at radius 1 is 0.466 bits per heavy atom. The first-order valence-electron chi connectivity index (χ1n) is 31.9. The highest BCUT2D eigenvalue weighted by molar-refractivity contribution is 7.45. The van der Waals surface area contributed by atoms with Crippen molar-refractivity contribution in [2.24, 2.45) is 0 Å². The van der Waals surface area contributed by atoms with E-state index < -0.39 is 26.6 Å². The monoisotopic (exact) mass is 1050 g/mol. The molecule has 0 saturated heterocycles. The van der Waals surface area contributed by atoms with Gasteiger partial charge >= 0.3 is 0 Å². The summed E-state index contributed by atoms with van der Waals surface area (Å²) in [4.78, 5) is 25.5. The number of quaternary nitrogens is 1. The summed E-state index contributed by atoms with van der Waals surface area (Å²) < 4.78 is 23.4. The van der Waals surface area contributed by atoms with Crippen molar-refractivity contribution >= 4 is 13.7 Å². The number of phosphoric ester groups is 1. The number of allylic oxidation sites excluding steroid dienone is 5. The van der Waals surface area contributed by atoms with E-state index in [0.29, 0.717) is 17.4 Å². The van der Waals surface area contributed by atoms with Crippen molar-refractivity contribution in [2.45, 2.75) is 328 Å². The fourth-order valence-corrected chi connectivity index (χ4v) is 10.3. The van der Waals surface area contributed by atoms with Crippen LogP contribution in [-0.2, 0) is 18.4 Å². The number of nitrogens with zero attached hydrogens (tertiary/aromatic N) is 1. The van der Waals surface area contributed by atoms with Crippen LogP contribution in [0.15, 0.2) is 36.5 Å². The van der Waals surface area contributed by atoms with Gasteiger partial charge in [0, 0.05) is 6.42 Å². The Bertz CT molecular complexity index is 1280. The quantitative estimate of drug-likeness (QED) is 0.0272. The maximum atomic E-state index is 13.0. The van der Waals surface area contributed by atoms with Crippen LogP contribution in [0.5, 0.6) is 0 Å². The van der Waals surface area contributed by atoms with Crippen molar-refractivity contribution in [1.29, 1.82) is 0 Å². The lowest BCUT2D eigenvalue weighted by Gasteiger charge is -2.29. The molecule has 1 amide bonds. The van der Waals surface area contributed by atoms with Gasteiger partial charge in [-0.1, -0.05) is 301 Å². The van der Waals surface area contributed by atoms with E-state index >= 15 is 0 Å². The van der Waals surface area contributed by atoms with Crippen molar-refractivity contribution in [3.8, 4) is 0 Å². The molecule has 0 fully saturated rings. The number of aliphatic hydroxyl groups is 1. The van der Waals surface area contributed by atoms with Crippen LogP contribution in [0.1, 0.15) is 316 Å². The number of amides is 1. The molecule has 0 rings (SSSR count). The van der Waals surface area contributed by atoms with Gasteiger partial charge in [0.1, 0.15) is 13.2 Å². The number of likely N-dealkylation sites (N-methyl/N-ethyl adjacent to an activating group) is 1. The summed E-state index contributed by atoms with van der Waals surface area (Å²) in [6.45, 7) is 4.67. The predicted octanol–water partition coefficient (Wildman–Crippen LogP) is 19.1. The smallest absolute Gasteiger partial charge is 0.268 e. The van der Waals surface area contributed by atoms with Gasteiger partial charge < -0.3 is 28.8 Å². The predicted molar refractivity (Wildman–Crippen MR) is 316 cm³/mol. The normalized spacial score (nSPS) is 14.0. The third kappa shape index (κ3) is 58.2. The summed E-state index contributed by atoms with van der Waals surface area (Å²) in [6.07, 6.45) is 72.6. The zero-order chi connectivity index (χ0) is 53.5. The molecule has 0 aromatic heterocycles.